The number of hydrogen-bond donors (Lipinski definition) is 4. The maximum Gasteiger partial charge on any atom is 0.288 e. The Morgan fingerprint density at radius 3 is 2.87 bits per heavy atom. The second-order valence-electron chi connectivity index (χ2n) is 8.00. The number of hydrogen-bond acceptors (Lipinski definition) is 6. The third-order valence-corrected chi connectivity index (χ3v) is 5.78. The lowest BCUT2D eigenvalue weighted by molar-refractivity contribution is 0.0918. The molecular formula is C23H33N5O3. The van der Waals surface area contributed by atoms with Crippen LogP contribution in [0.15, 0.2) is 40.9 Å². The Hall–Kier alpha value is -2.68. The highest BCUT2D eigenvalue weighted by Crippen LogP contribution is 2.26. The van der Waals surface area contributed by atoms with E-state index in [4.69, 9.17) is 9.62 Å². The number of rotatable bonds is 12. The molecular weight excluding hydrogens is 394 g/mol. The van der Waals surface area contributed by atoms with Gasteiger partial charge in [0.2, 0.25) is 0 Å². The Kier molecular flexibility index (Phi) is 8.22. The van der Waals surface area contributed by atoms with Gasteiger partial charge in [0.05, 0.1) is 18.4 Å². The molecule has 31 heavy (non-hydrogen) atoms. The van der Waals surface area contributed by atoms with Crippen molar-refractivity contribution in [3.63, 3.8) is 0 Å². The average Bonchev–Trinajstić information content (AvgIpc) is 3.40. The molecule has 2 atom stereocenters. The molecule has 2 aromatic heterocycles. The van der Waals surface area contributed by atoms with Crippen LogP contribution in [0.1, 0.15) is 50.1 Å². The lowest BCUT2D eigenvalue weighted by Crippen LogP contribution is -2.44. The Morgan fingerprint density at radius 1 is 1.26 bits per heavy atom. The Bertz CT molecular complexity index is 981. The predicted octanol–water partition coefficient (Wildman–Crippen LogP) is 3.67. The fraction of sp³-hybridized carbons (Fsp3) is 0.478. The van der Waals surface area contributed by atoms with Crippen molar-refractivity contribution in [2.24, 2.45) is 13.0 Å². The van der Waals surface area contributed by atoms with Gasteiger partial charge in [0.25, 0.3) is 5.91 Å². The van der Waals surface area contributed by atoms with Crippen LogP contribution in [-0.2, 0) is 7.05 Å². The highest BCUT2D eigenvalue weighted by Gasteiger charge is 2.17. The molecule has 168 valence electrons. The van der Waals surface area contributed by atoms with E-state index in [1.54, 1.807) is 12.1 Å². The maximum absolute atomic E-state index is 12.5. The molecule has 0 saturated heterocycles. The molecule has 8 heteroatoms. The Labute approximate surface area is 183 Å². The number of nitrogens with one attached hydrogen (secondary N) is 3. The summed E-state index contributed by atoms with van der Waals surface area (Å²) in [7, 11) is 1.89. The van der Waals surface area contributed by atoms with Crippen molar-refractivity contribution in [2.75, 3.05) is 13.2 Å². The first-order valence-electron chi connectivity index (χ1n) is 10.9. The number of hydroxylamine groups is 1. The number of unbranched alkanes of at least 4 members (excludes halogenated alkanes) is 2. The van der Waals surface area contributed by atoms with E-state index in [9.17, 15) is 4.79 Å². The van der Waals surface area contributed by atoms with Crippen molar-refractivity contribution in [1.29, 1.82) is 0 Å². The topological polar surface area (TPSA) is 104 Å². The average molecular weight is 428 g/mol. The molecule has 1 aromatic carbocycles. The summed E-state index contributed by atoms with van der Waals surface area (Å²) < 4.78 is 7.60. The number of amides is 1. The number of aromatic nitrogens is 2. The minimum absolute atomic E-state index is 0.148. The van der Waals surface area contributed by atoms with E-state index in [1.165, 1.54) is 6.42 Å². The van der Waals surface area contributed by atoms with Gasteiger partial charge in [0.1, 0.15) is 5.76 Å². The van der Waals surface area contributed by atoms with Crippen LogP contribution in [-0.4, -0.2) is 40.2 Å². The van der Waals surface area contributed by atoms with Crippen LogP contribution in [0.4, 0.5) is 0 Å². The normalized spacial score (nSPS) is 13.4. The second kappa shape index (κ2) is 11.1. The smallest absolute Gasteiger partial charge is 0.288 e. The molecule has 0 aliphatic rings. The fourth-order valence-corrected chi connectivity index (χ4v) is 3.76. The fourth-order valence-electron chi connectivity index (χ4n) is 3.76. The minimum atomic E-state index is -0.268. The summed E-state index contributed by atoms with van der Waals surface area (Å²) in [5.74, 6) is 0.923. The van der Waals surface area contributed by atoms with Crippen molar-refractivity contribution in [1.82, 2.24) is 25.9 Å². The van der Waals surface area contributed by atoms with E-state index in [1.807, 2.05) is 36.1 Å². The highest BCUT2D eigenvalue weighted by atomic mass is 16.5. The lowest BCUT2D eigenvalue weighted by atomic mass is 9.94. The number of carbonyl (C=O) groups excluding carboxylic acids is 1. The first-order valence-corrected chi connectivity index (χ1v) is 10.9. The third-order valence-electron chi connectivity index (χ3n) is 5.78. The van der Waals surface area contributed by atoms with E-state index >= 15 is 0 Å². The van der Waals surface area contributed by atoms with Gasteiger partial charge in [-0.3, -0.25) is 14.8 Å². The number of furan rings is 1. The van der Waals surface area contributed by atoms with Crippen molar-refractivity contribution in [3.05, 3.63) is 42.3 Å². The van der Waals surface area contributed by atoms with E-state index < -0.39 is 0 Å². The molecule has 1 amide bonds. The summed E-state index contributed by atoms with van der Waals surface area (Å²) in [4.78, 5) is 12.5. The minimum Gasteiger partial charge on any atom is -0.451 e. The van der Waals surface area contributed by atoms with E-state index in [-0.39, 0.29) is 23.6 Å². The molecule has 0 bridgehead atoms. The summed E-state index contributed by atoms with van der Waals surface area (Å²) in [6.07, 6.45) is 6.31. The van der Waals surface area contributed by atoms with Gasteiger partial charge in [-0.2, -0.15) is 5.10 Å². The predicted molar refractivity (Wildman–Crippen MR) is 121 cm³/mol. The number of nitrogens with zero attached hydrogens (tertiary/aromatic N) is 2. The highest BCUT2D eigenvalue weighted by molar-refractivity contribution is 5.92. The molecule has 0 fully saturated rings. The van der Waals surface area contributed by atoms with Crippen LogP contribution in [0.2, 0.25) is 0 Å². The quantitative estimate of drug-likeness (QED) is 0.200. The monoisotopic (exact) mass is 427 g/mol. The molecule has 0 radical (unpaired) electrons. The van der Waals surface area contributed by atoms with Crippen LogP contribution in [0, 0.1) is 5.92 Å². The van der Waals surface area contributed by atoms with Crippen LogP contribution in [0.5, 0.6) is 0 Å². The Balaban J connectivity index is 1.54. The molecule has 2 unspecified atom stereocenters. The van der Waals surface area contributed by atoms with Gasteiger partial charge in [-0.25, -0.2) is 5.48 Å². The van der Waals surface area contributed by atoms with Gasteiger partial charge in [-0.1, -0.05) is 38.3 Å². The zero-order valence-corrected chi connectivity index (χ0v) is 18.5. The van der Waals surface area contributed by atoms with E-state index in [0.29, 0.717) is 19.0 Å². The van der Waals surface area contributed by atoms with Gasteiger partial charge in [-0.05, 0) is 37.5 Å². The molecule has 0 saturated carbocycles. The first-order chi connectivity index (χ1) is 15.0. The third kappa shape index (κ3) is 5.94. The van der Waals surface area contributed by atoms with Crippen LogP contribution in [0.3, 0.4) is 0 Å². The molecule has 0 spiro atoms. The number of fused-ring (bicyclic) bond motifs is 1. The summed E-state index contributed by atoms with van der Waals surface area (Å²) in [6.45, 7) is 5.09. The number of aryl methyl sites for hydroxylation is 1. The summed E-state index contributed by atoms with van der Waals surface area (Å²) >= 11 is 0. The zero-order chi connectivity index (χ0) is 22.2. The molecule has 3 rings (SSSR count). The molecule has 4 N–H and O–H groups in total. The van der Waals surface area contributed by atoms with Crippen LogP contribution in [0.25, 0.3) is 22.2 Å². The first kappa shape index (κ1) is 23.0. The van der Waals surface area contributed by atoms with Crippen LogP contribution < -0.4 is 16.1 Å². The Morgan fingerprint density at radius 2 is 2.10 bits per heavy atom. The summed E-state index contributed by atoms with van der Waals surface area (Å²) in [6, 6.07) is 9.59. The van der Waals surface area contributed by atoms with Gasteiger partial charge in [-0.15, -0.1) is 0 Å². The second-order valence-corrected chi connectivity index (χ2v) is 8.00. The molecule has 0 aliphatic heterocycles. The van der Waals surface area contributed by atoms with Gasteiger partial charge >= 0.3 is 0 Å². The van der Waals surface area contributed by atoms with Crippen molar-refractivity contribution < 1.29 is 14.4 Å². The molecule has 3 aromatic rings. The summed E-state index contributed by atoms with van der Waals surface area (Å²) in [5.41, 5.74) is 4.18. The van der Waals surface area contributed by atoms with Crippen LogP contribution >= 0.6 is 0 Å². The maximum atomic E-state index is 12.5. The van der Waals surface area contributed by atoms with Crippen molar-refractivity contribution in [2.45, 2.75) is 45.6 Å². The lowest BCUT2D eigenvalue weighted by Gasteiger charge is -2.24. The zero-order valence-electron chi connectivity index (χ0n) is 18.5. The summed E-state index contributed by atoms with van der Waals surface area (Å²) in [5, 5.41) is 20.6. The molecule has 0 aliphatic carbocycles. The largest absolute Gasteiger partial charge is 0.451 e. The molecule has 8 nitrogen and oxygen atoms in total. The standard InChI is InChI=1S/C23H33N5O3/c1-4-5-6-7-18(14-27-30)16(2)24-15-25-23(29)22-11-10-21(31-22)17-8-9-19-13-26-28(3)20(19)12-17/h8-13,16,18,24,27,30H,4-7,14-15H2,1-3H3,(H,25,29). The van der Waals surface area contributed by atoms with Gasteiger partial charge < -0.3 is 14.9 Å². The molecule has 2 heterocycles. The van der Waals surface area contributed by atoms with Crippen molar-refractivity contribution >= 4 is 16.8 Å². The van der Waals surface area contributed by atoms with Crippen molar-refractivity contribution in [3.8, 4) is 11.3 Å². The number of carbonyl (C=O) groups is 1. The van der Waals surface area contributed by atoms with Gasteiger partial charge in [0.15, 0.2) is 5.76 Å². The van der Waals surface area contributed by atoms with E-state index in [0.717, 1.165) is 35.7 Å². The SMILES string of the molecule is CCCCCC(CNO)C(C)NCNC(=O)c1ccc(-c2ccc3cnn(C)c3c2)o1. The van der Waals surface area contributed by atoms with E-state index in [2.05, 4.69) is 35.1 Å². The van der Waals surface area contributed by atoms with Gasteiger partial charge in [0, 0.05) is 30.6 Å². The number of benzene rings is 1.